The zero-order chi connectivity index (χ0) is 19.8. The second kappa shape index (κ2) is 7.04. The molecule has 1 atom stereocenters. The van der Waals surface area contributed by atoms with Gasteiger partial charge in [0.2, 0.25) is 15.2 Å². The fourth-order valence-corrected chi connectivity index (χ4v) is 5.31. The Hall–Kier alpha value is -2.86. The lowest BCUT2D eigenvalue weighted by atomic mass is 10.1. The molecule has 140 valence electrons. The SMILES string of the molecule is Cc1cc(C)c(S(=O)(=O)C(Nc2ccc3ccccc3c2)C(N)=O)c(C)c1. The molecule has 5 nitrogen and oxygen atoms in total. The third-order valence-electron chi connectivity index (χ3n) is 4.51. The number of rotatable bonds is 5. The zero-order valence-electron chi connectivity index (χ0n) is 15.5. The van der Waals surface area contributed by atoms with E-state index in [1.165, 1.54) is 0 Å². The summed E-state index contributed by atoms with van der Waals surface area (Å²) in [4.78, 5) is 12.2. The van der Waals surface area contributed by atoms with Crippen LogP contribution in [-0.2, 0) is 14.6 Å². The lowest BCUT2D eigenvalue weighted by molar-refractivity contribution is -0.117. The number of benzene rings is 3. The Balaban J connectivity index is 2.05. The van der Waals surface area contributed by atoms with Crippen LogP contribution in [0.5, 0.6) is 0 Å². The molecule has 3 rings (SSSR count). The molecule has 3 aromatic rings. The van der Waals surface area contributed by atoms with Crippen molar-refractivity contribution in [1.82, 2.24) is 0 Å². The lowest BCUT2D eigenvalue weighted by Crippen LogP contribution is -2.42. The summed E-state index contributed by atoms with van der Waals surface area (Å²) in [6.07, 6.45) is 0. The number of fused-ring (bicyclic) bond motifs is 1. The van der Waals surface area contributed by atoms with Gasteiger partial charge in [-0.25, -0.2) is 8.42 Å². The predicted molar refractivity (Wildman–Crippen MR) is 108 cm³/mol. The summed E-state index contributed by atoms with van der Waals surface area (Å²) in [6, 6.07) is 16.7. The molecule has 0 radical (unpaired) electrons. The maximum atomic E-state index is 13.2. The van der Waals surface area contributed by atoms with Crippen molar-refractivity contribution in [3.05, 3.63) is 71.3 Å². The van der Waals surface area contributed by atoms with E-state index in [1.807, 2.05) is 37.3 Å². The first-order chi connectivity index (χ1) is 12.7. The van der Waals surface area contributed by atoms with Crippen molar-refractivity contribution in [3.63, 3.8) is 0 Å². The Morgan fingerprint density at radius 3 is 2.11 bits per heavy atom. The number of aryl methyl sites for hydroxylation is 3. The standard InChI is InChI=1S/C21H22N2O3S/c1-13-10-14(2)19(15(3)11-13)27(25,26)21(20(22)24)23-18-9-8-16-6-4-5-7-17(16)12-18/h4-12,21,23H,1-3H3,(H2,22,24). The van der Waals surface area contributed by atoms with Crippen LogP contribution < -0.4 is 11.1 Å². The average molecular weight is 382 g/mol. The third kappa shape index (κ3) is 3.66. The smallest absolute Gasteiger partial charge is 0.256 e. The summed E-state index contributed by atoms with van der Waals surface area (Å²) in [5, 5.41) is 3.22. The van der Waals surface area contributed by atoms with Gasteiger partial charge in [-0.2, -0.15) is 0 Å². The van der Waals surface area contributed by atoms with Crippen molar-refractivity contribution in [3.8, 4) is 0 Å². The molecule has 3 aromatic carbocycles. The number of carbonyl (C=O) groups is 1. The highest BCUT2D eigenvalue weighted by Crippen LogP contribution is 2.27. The molecule has 0 aliphatic carbocycles. The number of nitrogens with two attached hydrogens (primary N) is 1. The molecule has 6 heteroatoms. The molecule has 0 bridgehead atoms. The number of hydrogen-bond acceptors (Lipinski definition) is 4. The molecule has 0 aliphatic rings. The predicted octanol–water partition coefficient (Wildman–Crippen LogP) is 3.46. The zero-order valence-corrected chi connectivity index (χ0v) is 16.3. The molecule has 0 saturated carbocycles. The van der Waals surface area contributed by atoms with Crippen LogP contribution in [0.15, 0.2) is 59.5 Å². The number of carbonyl (C=O) groups excluding carboxylic acids is 1. The summed E-state index contributed by atoms with van der Waals surface area (Å²) >= 11 is 0. The summed E-state index contributed by atoms with van der Waals surface area (Å²) in [6.45, 7) is 5.34. The van der Waals surface area contributed by atoms with Gasteiger partial charge in [0.25, 0.3) is 5.91 Å². The van der Waals surface area contributed by atoms with E-state index in [-0.39, 0.29) is 4.90 Å². The highest BCUT2D eigenvalue weighted by Gasteiger charge is 2.34. The van der Waals surface area contributed by atoms with Crippen molar-refractivity contribution in [2.75, 3.05) is 5.32 Å². The van der Waals surface area contributed by atoms with Gasteiger partial charge in [0, 0.05) is 5.69 Å². The summed E-state index contributed by atoms with van der Waals surface area (Å²) in [5.74, 6) is -0.942. The molecular formula is C21H22N2O3S. The van der Waals surface area contributed by atoms with Crippen LogP contribution in [0.2, 0.25) is 0 Å². The molecule has 0 spiro atoms. The topological polar surface area (TPSA) is 89.3 Å². The van der Waals surface area contributed by atoms with Gasteiger partial charge in [0.15, 0.2) is 0 Å². The van der Waals surface area contributed by atoms with Crippen LogP contribution in [0, 0.1) is 20.8 Å². The van der Waals surface area contributed by atoms with Gasteiger partial charge in [-0.1, -0.05) is 48.0 Å². The molecule has 0 heterocycles. The Bertz CT molecular complexity index is 1110. The second-order valence-corrected chi connectivity index (χ2v) is 8.73. The number of amides is 1. The van der Waals surface area contributed by atoms with Crippen molar-refractivity contribution in [2.45, 2.75) is 31.0 Å². The van der Waals surface area contributed by atoms with Gasteiger partial charge in [-0.05, 0) is 54.8 Å². The number of anilines is 1. The van der Waals surface area contributed by atoms with E-state index in [9.17, 15) is 13.2 Å². The van der Waals surface area contributed by atoms with E-state index in [4.69, 9.17) is 5.73 Å². The number of nitrogens with one attached hydrogen (secondary N) is 1. The maximum Gasteiger partial charge on any atom is 0.256 e. The Morgan fingerprint density at radius 2 is 1.52 bits per heavy atom. The maximum absolute atomic E-state index is 13.2. The van der Waals surface area contributed by atoms with Gasteiger partial charge in [0.05, 0.1) is 4.90 Å². The lowest BCUT2D eigenvalue weighted by Gasteiger charge is -2.20. The van der Waals surface area contributed by atoms with E-state index >= 15 is 0 Å². The van der Waals surface area contributed by atoms with E-state index < -0.39 is 21.1 Å². The minimum Gasteiger partial charge on any atom is -0.367 e. The van der Waals surface area contributed by atoms with Crippen LogP contribution in [-0.4, -0.2) is 19.7 Å². The molecule has 0 aliphatic heterocycles. The van der Waals surface area contributed by atoms with Crippen molar-refractivity contribution in [2.24, 2.45) is 5.73 Å². The quantitative estimate of drug-likeness (QED) is 0.707. The van der Waals surface area contributed by atoms with Gasteiger partial charge in [-0.15, -0.1) is 0 Å². The molecule has 1 amide bonds. The second-order valence-electron chi connectivity index (χ2n) is 6.76. The Labute approximate surface area is 159 Å². The Kier molecular flexibility index (Phi) is 4.93. The fourth-order valence-electron chi connectivity index (χ4n) is 3.47. The molecule has 0 aromatic heterocycles. The van der Waals surface area contributed by atoms with Crippen molar-refractivity contribution in [1.29, 1.82) is 0 Å². The van der Waals surface area contributed by atoms with Gasteiger partial charge < -0.3 is 11.1 Å². The molecule has 0 saturated heterocycles. The molecule has 0 fully saturated rings. The highest BCUT2D eigenvalue weighted by molar-refractivity contribution is 7.93. The van der Waals surface area contributed by atoms with Crippen LogP contribution in [0.3, 0.4) is 0 Å². The minimum absolute atomic E-state index is 0.144. The summed E-state index contributed by atoms with van der Waals surface area (Å²) in [5.41, 5.74) is 8.14. The molecular weight excluding hydrogens is 360 g/mol. The van der Waals surface area contributed by atoms with E-state index in [1.54, 1.807) is 38.1 Å². The van der Waals surface area contributed by atoms with Gasteiger partial charge in [0.1, 0.15) is 0 Å². The first-order valence-corrected chi connectivity index (χ1v) is 10.1. The fraction of sp³-hybridized carbons (Fsp3) is 0.190. The highest BCUT2D eigenvalue weighted by atomic mass is 32.2. The molecule has 3 N–H and O–H groups in total. The monoisotopic (exact) mass is 382 g/mol. The van der Waals surface area contributed by atoms with Crippen LogP contribution >= 0.6 is 0 Å². The van der Waals surface area contributed by atoms with E-state index in [2.05, 4.69) is 5.32 Å². The van der Waals surface area contributed by atoms with Gasteiger partial charge in [-0.3, -0.25) is 4.79 Å². The number of primary amides is 1. The number of hydrogen-bond donors (Lipinski definition) is 2. The first kappa shape index (κ1) is 18.9. The van der Waals surface area contributed by atoms with Crippen LogP contribution in [0.1, 0.15) is 16.7 Å². The summed E-state index contributed by atoms with van der Waals surface area (Å²) in [7, 11) is -4.02. The van der Waals surface area contributed by atoms with Crippen molar-refractivity contribution >= 4 is 32.2 Å². The van der Waals surface area contributed by atoms with E-state index in [0.717, 1.165) is 16.3 Å². The largest absolute Gasteiger partial charge is 0.367 e. The average Bonchev–Trinajstić information content (AvgIpc) is 2.57. The van der Waals surface area contributed by atoms with Crippen molar-refractivity contribution < 1.29 is 13.2 Å². The van der Waals surface area contributed by atoms with E-state index in [0.29, 0.717) is 16.8 Å². The summed E-state index contributed by atoms with van der Waals surface area (Å²) < 4.78 is 26.5. The number of sulfone groups is 1. The molecule has 1 unspecified atom stereocenters. The van der Waals surface area contributed by atoms with Gasteiger partial charge >= 0.3 is 0 Å². The molecule has 27 heavy (non-hydrogen) atoms. The normalized spacial score (nSPS) is 12.7. The Morgan fingerprint density at radius 1 is 0.926 bits per heavy atom. The van der Waals surface area contributed by atoms with Crippen LogP contribution in [0.4, 0.5) is 5.69 Å². The minimum atomic E-state index is -4.02. The first-order valence-electron chi connectivity index (χ1n) is 8.56. The van der Waals surface area contributed by atoms with Crippen LogP contribution in [0.25, 0.3) is 10.8 Å². The third-order valence-corrected chi connectivity index (χ3v) is 6.69.